The summed E-state index contributed by atoms with van der Waals surface area (Å²) in [5.41, 5.74) is 0. The van der Waals surface area contributed by atoms with Crippen LogP contribution in [0, 0.1) is 17.7 Å². The first-order chi connectivity index (χ1) is 21.3. The third-order valence-corrected chi connectivity index (χ3v) is 13.2. The van der Waals surface area contributed by atoms with Gasteiger partial charge in [-0.05, 0) is 72.8 Å². The Morgan fingerprint density at radius 2 is 0.465 bits per heavy atom. The maximum absolute atomic E-state index is 7.69. The van der Waals surface area contributed by atoms with Crippen LogP contribution in [0.5, 0.6) is 0 Å². The maximum atomic E-state index is 7.69. The monoisotopic (exact) mass is 780 g/mol. The first-order valence-electron chi connectivity index (χ1n) is 14.1. The summed E-state index contributed by atoms with van der Waals surface area (Å²) in [6.45, 7) is 0. The Balaban J connectivity index is 0.000000171. The second kappa shape index (κ2) is 18.6. The van der Waals surface area contributed by atoms with Crippen molar-refractivity contribution >= 4 is 47.7 Å². The van der Waals surface area contributed by atoms with E-state index in [4.69, 9.17) is 10.5 Å². The number of nitriles is 2. The Morgan fingerprint density at radius 3 is 0.581 bits per heavy atom. The van der Waals surface area contributed by atoms with Gasteiger partial charge in [0.15, 0.2) is 0 Å². The van der Waals surface area contributed by atoms with E-state index in [1.54, 1.807) is 0 Å². The standard InChI is InChI=1S/2C18H15P.2CN.Hg/c2*1-4-10-16(11-5-1)19(17-12-6-2-7-13-17)18-14-8-3-9-15-18;2*1-2;/h2*1-15H;;;/p+2. The van der Waals surface area contributed by atoms with Crippen LogP contribution in [0.1, 0.15) is 0 Å². The van der Waals surface area contributed by atoms with Crippen molar-refractivity contribution in [1.29, 1.82) is 10.5 Å². The van der Waals surface area contributed by atoms with Crippen LogP contribution in [0.15, 0.2) is 182 Å². The molecule has 0 heterocycles. The van der Waals surface area contributed by atoms with Gasteiger partial charge in [0.2, 0.25) is 0 Å². The van der Waals surface area contributed by atoms with Crippen molar-refractivity contribution in [2.24, 2.45) is 0 Å². The topological polar surface area (TPSA) is 47.6 Å². The quantitative estimate of drug-likeness (QED) is 0.146. The summed E-state index contributed by atoms with van der Waals surface area (Å²) < 4.78 is 3.76. The van der Waals surface area contributed by atoms with E-state index in [0.717, 1.165) is 0 Å². The van der Waals surface area contributed by atoms with Crippen molar-refractivity contribution in [1.82, 2.24) is 0 Å². The second-order valence-corrected chi connectivity index (χ2v) is 18.2. The minimum absolute atomic E-state index is 0.877. The Bertz CT molecular complexity index is 1370. The third kappa shape index (κ3) is 10.1. The molecule has 0 aliphatic carbocycles. The molecular weight excluding hydrogens is 747 g/mol. The van der Waals surface area contributed by atoms with E-state index in [9.17, 15) is 0 Å². The fraction of sp³-hybridized carbons (Fsp3) is 0. The number of hydrogen-bond donors (Lipinski definition) is 0. The first-order valence-corrected chi connectivity index (χ1v) is 22.6. The Hall–Kier alpha value is -3.90. The van der Waals surface area contributed by atoms with Gasteiger partial charge in [-0.1, -0.05) is 109 Å². The van der Waals surface area contributed by atoms with E-state index in [-0.39, 0.29) is 0 Å². The SMILES string of the molecule is N#[C][Hg][C]#N.c1ccc([PH+](c2ccccc2)c2ccccc2)cc1.c1ccc([PH+](c2ccccc2)c2ccccc2)cc1. The van der Waals surface area contributed by atoms with Crippen LogP contribution in [-0.2, 0) is 24.6 Å². The summed E-state index contributed by atoms with van der Waals surface area (Å²) in [5.74, 6) is 0. The van der Waals surface area contributed by atoms with Crippen LogP contribution >= 0.6 is 15.8 Å². The Labute approximate surface area is 270 Å². The molecule has 0 radical (unpaired) electrons. The average molecular weight is 779 g/mol. The van der Waals surface area contributed by atoms with Crippen LogP contribution in [0.3, 0.4) is 0 Å². The fourth-order valence-corrected chi connectivity index (χ4v) is 10.1. The van der Waals surface area contributed by atoms with Crippen molar-refractivity contribution in [3.05, 3.63) is 182 Å². The predicted molar refractivity (Wildman–Crippen MR) is 184 cm³/mol. The molecular formula is C38H32HgN2P2+2. The largest absolute Gasteiger partial charge is 0.102 e. The van der Waals surface area contributed by atoms with Crippen molar-refractivity contribution in [2.45, 2.75) is 0 Å². The minimum Gasteiger partial charge on any atom is -0.0620 e. The Kier molecular flexibility index (Phi) is 13.8. The average Bonchev–Trinajstić information content (AvgIpc) is 3.09. The normalized spacial score (nSPS) is 9.67. The van der Waals surface area contributed by atoms with Gasteiger partial charge in [0.1, 0.15) is 31.8 Å². The third-order valence-electron chi connectivity index (χ3n) is 6.53. The molecule has 5 heteroatoms. The van der Waals surface area contributed by atoms with Gasteiger partial charge >= 0.3 is 42.3 Å². The maximum Gasteiger partial charge on any atom is 0.102 e. The van der Waals surface area contributed by atoms with Crippen LogP contribution in [0.2, 0.25) is 0 Å². The van der Waals surface area contributed by atoms with E-state index >= 15 is 0 Å². The molecule has 0 aliphatic rings. The van der Waals surface area contributed by atoms with Crippen LogP contribution in [0.4, 0.5) is 0 Å². The van der Waals surface area contributed by atoms with Gasteiger partial charge in [-0.2, -0.15) is 0 Å². The minimum atomic E-state index is -1.53. The molecule has 0 aromatic heterocycles. The first kappa shape index (κ1) is 32.0. The van der Waals surface area contributed by atoms with Crippen molar-refractivity contribution < 1.29 is 24.6 Å². The number of rotatable bonds is 6. The van der Waals surface area contributed by atoms with Gasteiger partial charge in [0.25, 0.3) is 0 Å². The summed E-state index contributed by atoms with van der Waals surface area (Å²) in [6.07, 6.45) is 0. The van der Waals surface area contributed by atoms with Gasteiger partial charge in [-0.3, -0.25) is 0 Å². The number of benzene rings is 6. The molecule has 204 valence electrons. The van der Waals surface area contributed by atoms with E-state index in [1.165, 1.54) is 31.8 Å². The molecule has 2 nitrogen and oxygen atoms in total. The molecule has 0 aliphatic heterocycles. The molecule has 6 aromatic rings. The van der Waals surface area contributed by atoms with Gasteiger partial charge in [-0.25, -0.2) is 0 Å². The molecule has 0 fully saturated rings. The molecule has 0 amide bonds. The molecule has 0 unspecified atom stereocenters. The van der Waals surface area contributed by atoms with Crippen LogP contribution in [-0.4, -0.2) is 0 Å². The summed E-state index contributed by atoms with van der Waals surface area (Å²) in [5, 5.41) is 24.0. The predicted octanol–water partition coefficient (Wildman–Crippen LogP) is 6.39. The fourth-order valence-electron chi connectivity index (χ4n) is 4.66. The summed E-state index contributed by atoms with van der Waals surface area (Å²) in [6, 6.07) is 65.0. The molecule has 0 bridgehead atoms. The molecule has 0 spiro atoms. The van der Waals surface area contributed by atoms with E-state index in [0.29, 0.717) is 0 Å². The van der Waals surface area contributed by atoms with Gasteiger partial charge in [0.05, 0.1) is 15.8 Å². The van der Waals surface area contributed by atoms with Crippen LogP contribution < -0.4 is 31.8 Å². The zero-order chi connectivity index (χ0) is 30.0. The van der Waals surface area contributed by atoms with Gasteiger partial charge < -0.3 is 0 Å². The molecule has 0 atom stereocenters. The second-order valence-electron chi connectivity index (χ2n) is 9.44. The zero-order valence-electron chi connectivity index (χ0n) is 23.9. The molecule has 6 rings (SSSR count). The van der Waals surface area contributed by atoms with Crippen LogP contribution in [0.25, 0.3) is 0 Å². The van der Waals surface area contributed by atoms with E-state index in [1.807, 2.05) is 7.16 Å². The molecule has 0 N–H and O–H groups in total. The van der Waals surface area contributed by atoms with Crippen molar-refractivity contribution in [3.63, 3.8) is 0 Å². The van der Waals surface area contributed by atoms with E-state index < -0.39 is 40.4 Å². The van der Waals surface area contributed by atoms with Crippen molar-refractivity contribution in [2.75, 3.05) is 0 Å². The number of hydrogen-bond acceptors (Lipinski definition) is 2. The van der Waals surface area contributed by atoms with Gasteiger partial charge in [-0.15, -0.1) is 0 Å². The van der Waals surface area contributed by atoms with E-state index in [2.05, 4.69) is 182 Å². The van der Waals surface area contributed by atoms with Gasteiger partial charge in [0, 0.05) is 0 Å². The molecule has 0 saturated carbocycles. The molecule has 43 heavy (non-hydrogen) atoms. The Morgan fingerprint density at radius 1 is 0.302 bits per heavy atom. The summed E-state index contributed by atoms with van der Waals surface area (Å²) >= 11 is -1.53. The smallest absolute Gasteiger partial charge is 0.0620 e. The zero-order valence-corrected chi connectivity index (χ0v) is 31.4. The number of nitrogens with zero attached hydrogens (tertiary/aromatic N) is 2. The van der Waals surface area contributed by atoms with Crippen molar-refractivity contribution in [3.8, 4) is 7.16 Å². The summed E-state index contributed by atoms with van der Waals surface area (Å²) in [7, 11) is -1.75. The molecule has 6 aromatic carbocycles. The summed E-state index contributed by atoms with van der Waals surface area (Å²) in [4.78, 5) is 0. The molecule has 0 saturated heterocycles.